The Hall–Kier alpha value is -1.26. The van der Waals surface area contributed by atoms with Gasteiger partial charge in [-0.1, -0.05) is 20.8 Å². The highest BCUT2D eigenvalue weighted by atomic mass is 16.4. The van der Waals surface area contributed by atoms with Crippen LogP contribution in [-0.2, 0) is 4.79 Å². The van der Waals surface area contributed by atoms with E-state index in [0.717, 1.165) is 19.3 Å². The highest BCUT2D eigenvalue weighted by Crippen LogP contribution is 2.29. The highest BCUT2D eigenvalue weighted by Gasteiger charge is 2.29. The topological polar surface area (TPSA) is 69.6 Å². The molecule has 1 fully saturated rings. The van der Waals surface area contributed by atoms with Gasteiger partial charge in [-0.2, -0.15) is 0 Å². The van der Waals surface area contributed by atoms with Gasteiger partial charge in [0.25, 0.3) is 0 Å². The molecule has 0 aliphatic heterocycles. The second-order valence-electron chi connectivity index (χ2n) is 5.79. The SMILES string of the molecule is CCC(C(=O)O)N(C)C(=O)NC1CCC(C)C(C)C1. The average Bonchev–Trinajstić information content (AvgIpc) is 2.34. The summed E-state index contributed by atoms with van der Waals surface area (Å²) >= 11 is 0. The van der Waals surface area contributed by atoms with Crippen LogP contribution in [0.5, 0.6) is 0 Å². The summed E-state index contributed by atoms with van der Waals surface area (Å²) in [6.45, 7) is 6.22. The van der Waals surface area contributed by atoms with Gasteiger partial charge in [0.1, 0.15) is 6.04 Å². The molecule has 4 atom stereocenters. The Labute approximate surface area is 115 Å². The van der Waals surface area contributed by atoms with Crippen molar-refractivity contribution >= 4 is 12.0 Å². The third-order valence-corrected chi connectivity index (χ3v) is 4.39. The van der Waals surface area contributed by atoms with E-state index in [1.54, 1.807) is 14.0 Å². The van der Waals surface area contributed by atoms with Gasteiger partial charge < -0.3 is 15.3 Å². The summed E-state index contributed by atoms with van der Waals surface area (Å²) in [6.07, 6.45) is 3.49. The van der Waals surface area contributed by atoms with E-state index in [0.29, 0.717) is 18.3 Å². The van der Waals surface area contributed by atoms with Crippen molar-refractivity contribution in [1.82, 2.24) is 10.2 Å². The maximum absolute atomic E-state index is 12.1. The van der Waals surface area contributed by atoms with Crippen molar-refractivity contribution < 1.29 is 14.7 Å². The standard InChI is InChI=1S/C14H26N2O3/c1-5-12(13(17)18)16(4)14(19)15-11-7-6-9(2)10(3)8-11/h9-12H,5-8H2,1-4H3,(H,15,19)(H,17,18). The molecule has 5 heteroatoms. The predicted octanol–water partition coefficient (Wildman–Crippen LogP) is 2.32. The van der Waals surface area contributed by atoms with Gasteiger partial charge >= 0.3 is 12.0 Å². The van der Waals surface area contributed by atoms with E-state index in [9.17, 15) is 9.59 Å². The monoisotopic (exact) mass is 270 g/mol. The third kappa shape index (κ3) is 4.11. The van der Waals surface area contributed by atoms with Crippen LogP contribution in [0.4, 0.5) is 4.79 Å². The molecular weight excluding hydrogens is 244 g/mol. The molecule has 0 radical (unpaired) electrons. The number of aliphatic carboxylic acids is 1. The fourth-order valence-electron chi connectivity index (χ4n) is 2.71. The predicted molar refractivity (Wildman–Crippen MR) is 74.0 cm³/mol. The molecule has 0 heterocycles. The lowest BCUT2D eigenvalue weighted by Gasteiger charge is -2.34. The van der Waals surface area contributed by atoms with Crippen LogP contribution in [0, 0.1) is 11.8 Å². The largest absolute Gasteiger partial charge is 0.480 e. The number of carboxylic acids is 1. The molecule has 110 valence electrons. The summed E-state index contributed by atoms with van der Waals surface area (Å²) in [5.74, 6) is 0.352. The lowest BCUT2D eigenvalue weighted by Crippen LogP contribution is -2.50. The second-order valence-corrected chi connectivity index (χ2v) is 5.79. The van der Waals surface area contributed by atoms with E-state index >= 15 is 0 Å². The maximum atomic E-state index is 12.1. The van der Waals surface area contributed by atoms with Gasteiger partial charge in [-0.15, -0.1) is 0 Å². The number of nitrogens with one attached hydrogen (secondary N) is 1. The summed E-state index contributed by atoms with van der Waals surface area (Å²) < 4.78 is 0. The van der Waals surface area contributed by atoms with Crippen LogP contribution >= 0.6 is 0 Å². The van der Waals surface area contributed by atoms with Crippen molar-refractivity contribution in [3.05, 3.63) is 0 Å². The lowest BCUT2D eigenvalue weighted by atomic mass is 9.79. The van der Waals surface area contributed by atoms with E-state index in [4.69, 9.17) is 5.11 Å². The quantitative estimate of drug-likeness (QED) is 0.823. The summed E-state index contributed by atoms with van der Waals surface area (Å²) in [5.41, 5.74) is 0. The van der Waals surface area contributed by atoms with Crippen LogP contribution < -0.4 is 5.32 Å². The van der Waals surface area contributed by atoms with E-state index < -0.39 is 12.0 Å². The smallest absolute Gasteiger partial charge is 0.326 e. The number of likely N-dealkylation sites (N-methyl/N-ethyl adjacent to an activating group) is 1. The number of carbonyl (C=O) groups is 2. The number of hydrogen-bond acceptors (Lipinski definition) is 2. The lowest BCUT2D eigenvalue weighted by molar-refractivity contribution is -0.141. The highest BCUT2D eigenvalue weighted by molar-refractivity contribution is 5.82. The van der Waals surface area contributed by atoms with Crippen molar-refractivity contribution in [3.63, 3.8) is 0 Å². The maximum Gasteiger partial charge on any atom is 0.326 e. The first kappa shape index (κ1) is 15.8. The fraction of sp³-hybridized carbons (Fsp3) is 0.857. The zero-order valence-electron chi connectivity index (χ0n) is 12.3. The number of carboxylic acid groups (broad SMARTS) is 1. The molecule has 4 unspecified atom stereocenters. The Morgan fingerprint density at radius 1 is 1.32 bits per heavy atom. The van der Waals surface area contributed by atoms with E-state index in [-0.39, 0.29) is 12.1 Å². The van der Waals surface area contributed by atoms with Crippen LogP contribution in [0.15, 0.2) is 0 Å². The zero-order chi connectivity index (χ0) is 14.6. The van der Waals surface area contributed by atoms with Crippen LogP contribution in [-0.4, -0.2) is 41.1 Å². The minimum absolute atomic E-state index is 0.174. The molecule has 1 saturated carbocycles. The Morgan fingerprint density at radius 2 is 1.95 bits per heavy atom. The molecule has 2 N–H and O–H groups in total. The molecule has 0 spiro atoms. The van der Waals surface area contributed by atoms with Crippen LogP contribution in [0.25, 0.3) is 0 Å². The number of amides is 2. The molecule has 1 aliphatic rings. The Balaban J connectivity index is 2.52. The molecular formula is C14H26N2O3. The molecule has 5 nitrogen and oxygen atoms in total. The van der Waals surface area contributed by atoms with Crippen molar-refractivity contribution in [2.45, 2.75) is 58.5 Å². The molecule has 0 bridgehead atoms. The van der Waals surface area contributed by atoms with Crippen LogP contribution in [0.1, 0.15) is 46.5 Å². The Bertz CT molecular complexity index is 333. The van der Waals surface area contributed by atoms with E-state index in [1.807, 2.05) is 0 Å². The number of nitrogens with zero attached hydrogens (tertiary/aromatic N) is 1. The molecule has 19 heavy (non-hydrogen) atoms. The van der Waals surface area contributed by atoms with Crippen LogP contribution in [0.2, 0.25) is 0 Å². The summed E-state index contributed by atoms with van der Waals surface area (Å²) in [7, 11) is 1.55. The van der Waals surface area contributed by atoms with Crippen molar-refractivity contribution in [1.29, 1.82) is 0 Å². The number of urea groups is 1. The Kier molecular flexibility index (Phi) is 5.63. The summed E-state index contributed by atoms with van der Waals surface area (Å²) in [4.78, 5) is 24.4. The average molecular weight is 270 g/mol. The molecule has 1 aliphatic carbocycles. The molecule has 0 aromatic carbocycles. The van der Waals surface area contributed by atoms with Gasteiger partial charge in [0.2, 0.25) is 0 Å². The van der Waals surface area contributed by atoms with Gasteiger partial charge in [-0.3, -0.25) is 0 Å². The normalized spacial score (nSPS) is 28.5. The van der Waals surface area contributed by atoms with E-state index in [1.165, 1.54) is 4.90 Å². The van der Waals surface area contributed by atoms with E-state index in [2.05, 4.69) is 19.2 Å². The summed E-state index contributed by atoms with van der Waals surface area (Å²) in [5, 5.41) is 12.0. The second kappa shape index (κ2) is 6.78. The number of hydrogen-bond donors (Lipinski definition) is 2. The number of rotatable bonds is 4. The third-order valence-electron chi connectivity index (χ3n) is 4.39. The minimum Gasteiger partial charge on any atom is -0.480 e. The zero-order valence-corrected chi connectivity index (χ0v) is 12.3. The molecule has 1 rings (SSSR count). The van der Waals surface area contributed by atoms with Gasteiger partial charge in [0, 0.05) is 13.1 Å². The molecule has 0 aromatic rings. The van der Waals surface area contributed by atoms with Gasteiger partial charge in [-0.05, 0) is 37.5 Å². The Morgan fingerprint density at radius 3 is 2.42 bits per heavy atom. The van der Waals surface area contributed by atoms with Crippen molar-refractivity contribution in [3.8, 4) is 0 Å². The fourth-order valence-corrected chi connectivity index (χ4v) is 2.71. The van der Waals surface area contributed by atoms with Gasteiger partial charge in [-0.25, -0.2) is 9.59 Å². The van der Waals surface area contributed by atoms with Gasteiger partial charge in [0.15, 0.2) is 0 Å². The van der Waals surface area contributed by atoms with Crippen molar-refractivity contribution in [2.75, 3.05) is 7.05 Å². The van der Waals surface area contributed by atoms with Crippen LogP contribution in [0.3, 0.4) is 0 Å². The minimum atomic E-state index is -0.953. The molecule has 0 saturated heterocycles. The first-order valence-electron chi connectivity index (χ1n) is 7.12. The first-order chi connectivity index (χ1) is 8.86. The van der Waals surface area contributed by atoms with Gasteiger partial charge in [0.05, 0.1) is 0 Å². The number of carbonyl (C=O) groups excluding carboxylic acids is 1. The first-order valence-corrected chi connectivity index (χ1v) is 7.12. The van der Waals surface area contributed by atoms with Crippen molar-refractivity contribution in [2.24, 2.45) is 11.8 Å². The summed E-state index contributed by atoms with van der Waals surface area (Å²) in [6, 6.07) is -0.853. The molecule has 2 amide bonds. The molecule has 0 aromatic heterocycles.